The summed E-state index contributed by atoms with van der Waals surface area (Å²) in [5.74, 6) is -8.27. The zero-order valence-electron chi connectivity index (χ0n) is 74.6. The number of morpholine rings is 1. The van der Waals surface area contributed by atoms with E-state index >= 15 is 0 Å². The zero-order chi connectivity index (χ0) is 94.6. The van der Waals surface area contributed by atoms with Crippen LogP contribution in [0.25, 0.3) is 22.0 Å². The molecule has 702 valence electrons. The van der Waals surface area contributed by atoms with Gasteiger partial charge in [-0.3, -0.25) is 62.6 Å². The van der Waals surface area contributed by atoms with Crippen molar-refractivity contribution in [3.8, 4) is 16.9 Å². The number of aromatic nitrogens is 1. The Morgan fingerprint density at radius 1 is 0.636 bits per heavy atom. The van der Waals surface area contributed by atoms with Gasteiger partial charge < -0.3 is 94.0 Å². The van der Waals surface area contributed by atoms with Gasteiger partial charge in [-0.2, -0.15) is 0 Å². The zero-order valence-corrected chi connectivity index (χ0v) is 74.6. The molecule has 9 atom stereocenters. The van der Waals surface area contributed by atoms with Gasteiger partial charge in [-0.25, -0.2) is 19.4 Å². The molecule has 5 heterocycles. The third kappa shape index (κ3) is 30.9. The lowest BCUT2D eigenvalue weighted by Crippen LogP contribution is -2.58. The van der Waals surface area contributed by atoms with Gasteiger partial charge in [-0.05, 0) is 133 Å². The summed E-state index contributed by atoms with van der Waals surface area (Å²) < 4.78 is 16.3. The Hall–Kier alpha value is -14.0. The first-order valence-corrected chi connectivity index (χ1v) is 44.8. The van der Waals surface area contributed by atoms with Crippen molar-refractivity contribution in [1.29, 1.82) is 0 Å². The Bertz CT molecular complexity index is 5200. The average Bonchev–Trinajstić information content (AvgIpc) is 1.61. The highest BCUT2D eigenvalue weighted by Gasteiger charge is 2.41. The predicted octanol–water partition coefficient (Wildman–Crippen LogP) is 4.53. The van der Waals surface area contributed by atoms with Crippen LogP contribution < -0.4 is 64.7 Å². The van der Waals surface area contributed by atoms with Crippen LogP contribution in [0.2, 0.25) is 0 Å². The molecule has 4 aliphatic heterocycles. The number of carbonyl (C=O) groups is 14. The van der Waals surface area contributed by atoms with E-state index in [-0.39, 0.29) is 113 Å². The smallest absolute Gasteiger partial charge is 0.408 e. The first-order valence-electron chi connectivity index (χ1n) is 44.8. The van der Waals surface area contributed by atoms with Crippen molar-refractivity contribution in [1.82, 2.24) is 57.3 Å². The number of guanidine groups is 1. The van der Waals surface area contributed by atoms with Crippen molar-refractivity contribution >= 4 is 106 Å². The Labute approximate surface area is 765 Å². The molecular weight excluding hydrogens is 1690 g/mol. The summed E-state index contributed by atoms with van der Waals surface area (Å²) in [6.45, 7) is 9.95. The van der Waals surface area contributed by atoms with E-state index in [2.05, 4.69) is 62.4 Å². The normalized spacial score (nSPS) is 18.4. The summed E-state index contributed by atoms with van der Waals surface area (Å²) in [5.41, 5.74) is 25.2. The van der Waals surface area contributed by atoms with Crippen molar-refractivity contribution in [2.45, 2.75) is 191 Å². The number of Topliss-reactive ketones (excluding diaryl/α,β-unsaturated/α-hetero) is 3. The van der Waals surface area contributed by atoms with Crippen molar-refractivity contribution in [2.24, 2.45) is 34.0 Å². The van der Waals surface area contributed by atoms with Crippen LogP contribution in [0.1, 0.15) is 150 Å². The van der Waals surface area contributed by atoms with Crippen molar-refractivity contribution in [3.63, 3.8) is 0 Å². The van der Waals surface area contributed by atoms with Gasteiger partial charge >= 0.3 is 18.2 Å². The largest absolute Gasteiger partial charge is 0.508 e. The quantitative estimate of drug-likeness (QED) is 0.0109. The van der Waals surface area contributed by atoms with Crippen LogP contribution in [0.5, 0.6) is 5.75 Å². The second-order valence-electron chi connectivity index (χ2n) is 33.7. The number of rotatable bonds is 38. The van der Waals surface area contributed by atoms with Crippen molar-refractivity contribution in [2.75, 3.05) is 59.1 Å². The molecule has 1 aromatic heterocycles. The number of para-hydroxylation sites is 1. The Kier molecular flexibility index (Phi) is 38.6. The number of amides is 10. The number of phenolic OH excluding ortho intramolecular Hbond substituents is 1. The number of phenols is 1. The van der Waals surface area contributed by atoms with E-state index < -0.39 is 138 Å². The van der Waals surface area contributed by atoms with Gasteiger partial charge in [0.05, 0.1) is 32.2 Å². The lowest BCUT2D eigenvalue weighted by atomic mass is 9.87. The number of nitrogens with two attached hydrogens (primary N) is 3. The molecule has 0 saturated carbocycles. The topological polar surface area (TPSA) is 530 Å². The number of nitrogens with one attached hydrogen (secondary N) is 10. The Morgan fingerprint density at radius 3 is 1.87 bits per heavy atom. The van der Waals surface area contributed by atoms with Gasteiger partial charge in [-0.15, -0.1) is 0 Å². The third-order valence-electron chi connectivity index (χ3n) is 23.4. The average molecular weight is 1820 g/mol. The van der Waals surface area contributed by atoms with Gasteiger partial charge in [-0.1, -0.05) is 160 Å². The summed E-state index contributed by atoms with van der Waals surface area (Å²) >= 11 is 0. The number of benzene rings is 6. The number of H-pyrrole nitrogens is 1. The number of primary amides is 1. The predicted molar refractivity (Wildman–Crippen MR) is 491 cm³/mol. The minimum atomic E-state index is -1.20. The van der Waals surface area contributed by atoms with E-state index in [0.29, 0.717) is 50.5 Å². The number of aliphatic imine (C=N–C) groups is 1. The molecule has 35 heteroatoms. The monoisotopic (exact) mass is 1810 g/mol. The van der Waals surface area contributed by atoms with E-state index in [4.69, 9.17) is 31.4 Å². The molecule has 1 unspecified atom stereocenters. The maximum atomic E-state index is 14.0. The molecule has 7 aromatic rings. The maximum absolute atomic E-state index is 14.0. The van der Waals surface area contributed by atoms with Crippen LogP contribution in [0.3, 0.4) is 0 Å². The standard InChI is InChI=1S/C37H43N9O6.C32H35N5O7.C28H42N2O6/c38-37(39)40-16-6-11-28-34(50)46-31(19-24-20-41-27-10-5-4-9-26(24)27)33(49)42-21-32(48)43-29(18-23-12-14-25(47)15-13-23)35(51)45-30(36(52)44-28)17-22-7-2-1-3-8-22;33-28(38)12-11-25(30(40)37-15-5-10-27(37)31(41)42)35-29(39)26(16-19-13-14-34-17-19)36-32(43)44-18-24-22-8-3-1-6-20(22)21-7-2-4-9-23(21)24;1-4-23(27(33)25(31)12-8-9-13-30-14-16-35-17-15-30)19-26(32)24(18-21(2)3)29-28(34)36-20-22-10-6-5-7-11-22/h1-5,7-10,12-15,20,28-31,41,47H,6,11,16-19,21H2,(H,42,49)(H,43,48)(H,44,52)(H,45,51)(H,46,50)(H4,38,39,40);1-4,6-9,14,17,24-27H,5,10-13,15-16,18H2,(H2,33,38)(H,35,39)(H,36,43)(H,41,42);5-7,10-11,21,23-24H,4,8-9,12-20H2,1-3H3,(H,29,34)/p+1/t28?,29-,30+,31-;25-,26-,27-;23-,24+/m100/s1. The number of carbonyl (C=O) groups excluding carboxylic acids is 13. The highest BCUT2D eigenvalue weighted by molar-refractivity contribution is 6.38. The molecule has 6 aromatic carbocycles. The molecule has 0 bridgehead atoms. The number of alkyl carbamates (subject to hydrolysis) is 2. The van der Waals surface area contributed by atoms with Crippen LogP contribution in [-0.2, 0) is 97.6 Å². The minimum Gasteiger partial charge on any atom is -0.508 e. The van der Waals surface area contributed by atoms with Gasteiger partial charge in [0.25, 0.3) is 0 Å². The number of fused-ring (bicyclic) bond motifs is 4. The summed E-state index contributed by atoms with van der Waals surface area (Å²) in [7, 11) is 0. The summed E-state index contributed by atoms with van der Waals surface area (Å²) in [6.07, 6.45) is 8.01. The fraction of sp³-hybridized carbons (Fsp3) is 0.423. The Morgan fingerprint density at radius 2 is 1.23 bits per heavy atom. The Balaban J connectivity index is 0.000000209. The molecule has 3 saturated heterocycles. The number of ketones is 3. The van der Waals surface area contributed by atoms with E-state index in [0.717, 1.165) is 94.7 Å². The first-order chi connectivity index (χ1) is 63.6. The van der Waals surface area contributed by atoms with Gasteiger partial charge in [0.15, 0.2) is 23.7 Å². The van der Waals surface area contributed by atoms with Crippen LogP contribution in [-0.4, -0.2) is 227 Å². The van der Waals surface area contributed by atoms with Gasteiger partial charge in [0.2, 0.25) is 53.0 Å². The molecule has 35 nitrogen and oxygen atoms in total. The molecule has 18 N–H and O–H groups in total. The molecular formula is C97H121N16O19+. The molecule has 10 amide bonds. The molecule has 132 heavy (non-hydrogen) atoms. The fourth-order valence-corrected chi connectivity index (χ4v) is 16.4. The van der Waals surface area contributed by atoms with Crippen molar-refractivity contribution < 1.29 is 96.5 Å². The molecule has 3 fully saturated rings. The van der Waals surface area contributed by atoms with E-state index in [1.165, 1.54) is 17.0 Å². The van der Waals surface area contributed by atoms with Crippen LogP contribution in [0.15, 0.2) is 181 Å². The number of aromatic amines is 1. The molecule has 0 spiro atoms. The van der Waals surface area contributed by atoms with Crippen LogP contribution in [0.4, 0.5) is 9.59 Å². The van der Waals surface area contributed by atoms with E-state index in [1.807, 2.05) is 123 Å². The SMILES string of the molecule is CC[C@@H](CC(=O)[C@@H](CC(C)C)NC(=O)OCc1ccccc1)C(=O)C(=O)CCCCN1CCOCC1.NC(=O)CC[C@H](NC(=O)[C@H](CC1=C[NH+]=CC1)NC(=O)OCC1c2ccccc2-c2ccccc21)C(=O)N1CCC[C@H]1C(=O)O.NC(N)=NCCCC1NC(=O)[C@H](Cc2ccccc2)NC(=O)[C@@H](Cc2ccc(O)cc2)NC(=O)CNC(=O)[C@@H](Cc2c[nH]c3ccccc23)NC1=O. The second kappa shape index (κ2) is 50.9. The summed E-state index contributed by atoms with van der Waals surface area (Å²) in [5, 5.41) is 41.8. The number of unbranched alkanes of at least 4 members (excludes halogenated alkanes) is 1. The lowest BCUT2D eigenvalue weighted by molar-refractivity contribution is -0.363. The number of aromatic hydroxyl groups is 1. The summed E-state index contributed by atoms with van der Waals surface area (Å²) in [6, 6.07) is 39.1. The van der Waals surface area contributed by atoms with Crippen LogP contribution in [0, 0.1) is 11.8 Å². The maximum Gasteiger partial charge on any atom is 0.408 e. The number of likely N-dealkylation sites (tertiary alicyclic amines) is 1. The van der Waals surface area contributed by atoms with Gasteiger partial charge in [0.1, 0.15) is 67.5 Å². The molecule has 12 rings (SSSR count). The van der Waals surface area contributed by atoms with Gasteiger partial charge in [0, 0.05) is 106 Å². The number of hydrogen-bond acceptors (Lipinski definition) is 20. The second-order valence-corrected chi connectivity index (χ2v) is 33.7. The lowest BCUT2D eigenvalue weighted by Gasteiger charge is -2.28. The summed E-state index contributed by atoms with van der Waals surface area (Å²) in [4.78, 5) is 197. The number of hydrogen-bond donors (Lipinski definition) is 15. The highest BCUT2D eigenvalue weighted by atomic mass is 16.6. The number of ether oxygens (including phenoxy) is 3. The number of carboxylic acid groups (broad SMARTS) is 1. The highest BCUT2D eigenvalue weighted by Crippen LogP contribution is 2.44. The fourth-order valence-electron chi connectivity index (χ4n) is 16.4. The van der Waals surface area contributed by atoms with E-state index in [9.17, 15) is 77.3 Å². The minimum absolute atomic E-state index is 0.0160. The number of aliphatic carboxylic acids is 1. The van der Waals surface area contributed by atoms with E-state index in [1.54, 1.807) is 61.9 Å². The molecule has 0 radical (unpaired) electrons. The van der Waals surface area contributed by atoms with Crippen LogP contribution >= 0.6 is 0 Å². The van der Waals surface area contributed by atoms with Crippen molar-refractivity contribution in [3.05, 3.63) is 209 Å². The third-order valence-corrected chi connectivity index (χ3v) is 23.4. The number of nitrogens with zero attached hydrogens (tertiary/aromatic N) is 3. The first kappa shape index (κ1) is 100. The molecule has 5 aliphatic rings. The number of carboxylic acids is 1. The molecule has 1 aliphatic carbocycles.